The molecule has 19 aromatic rings. The minimum Gasteiger partial charge on any atom is -0.309 e. The van der Waals surface area contributed by atoms with Gasteiger partial charge in [-0.3, -0.25) is 0 Å². The van der Waals surface area contributed by atoms with E-state index in [4.69, 9.17) is 0 Å². The van der Waals surface area contributed by atoms with E-state index in [1.165, 1.54) is 194 Å². The molecule has 0 aliphatic carbocycles. The molecule has 19 rings (SSSR count). The molecular formula is C82H66N4S2. The van der Waals surface area contributed by atoms with Gasteiger partial charge < -0.3 is 17.9 Å². The highest BCUT2D eigenvalue weighted by Crippen LogP contribution is 2.53. The van der Waals surface area contributed by atoms with Crippen LogP contribution in [0.15, 0.2) is 182 Å². The van der Waals surface area contributed by atoms with Gasteiger partial charge in [0.05, 0.1) is 55.2 Å². The molecular weight excluding hydrogens is 1110 g/mol. The number of thiophene rings is 2. The van der Waals surface area contributed by atoms with Crippen LogP contribution in [0, 0.1) is 0 Å². The van der Waals surface area contributed by atoms with Gasteiger partial charge in [-0.05, 0) is 153 Å². The van der Waals surface area contributed by atoms with Crippen LogP contribution >= 0.6 is 22.7 Å². The lowest BCUT2D eigenvalue weighted by Gasteiger charge is -2.19. The van der Waals surface area contributed by atoms with Crippen LogP contribution in [0.3, 0.4) is 0 Å². The lowest BCUT2D eigenvalue weighted by atomic mass is 9.85. The van der Waals surface area contributed by atoms with Gasteiger partial charge in [-0.15, -0.1) is 22.7 Å². The number of hydrogen-bond acceptors (Lipinski definition) is 2. The monoisotopic (exact) mass is 1170 g/mol. The molecule has 4 nitrogen and oxygen atoms in total. The van der Waals surface area contributed by atoms with Crippen molar-refractivity contribution in [2.24, 2.45) is 0 Å². The molecule has 0 aliphatic heterocycles. The maximum atomic E-state index is 2.66. The quantitative estimate of drug-likeness (QED) is 0.164. The highest BCUT2D eigenvalue weighted by Gasteiger charge is 2.30. The van der Waals surface area contributed by atoms with Crippen LogP contribution in [0.5, 0.6) is 0 Å². The number of benzene rings is 11. The summed E-state index contributed by atoms with van der Waals surface area (Å²) in [5, 5.41) is 21.0. The summed E-state index contributed by atoms with van der Waals surface area (Å²) < 4.78 is 15.8. The molecule has 0 N–H and O–H groups in total. The maximum Gasteiger partial charge on any atom is 0.0635 e. The van der Waals surface area contributed by atoms with Crippen LogP contribution in [0.4, 0.5) is 0 Å². The van der Waals surface area contributed by atoms with Gasteiger partial charge in [0.25, 0.3) is 0 Å². The fraction of sp³-hybridized carbons (Fsp3) is 0.195. The first kappa shape index (κ1) is 51.1. The predicted octanol–water partition coefficient (Wildman–Crippen LogP) is 24.1. The van der Waals surface area contributed by atoms with Crippen molar-refractivity contribution in [1.29, 1.82) is 0 Å². The van der Waals surface area contributed by atoms with E-state index in [0.717, 1.165) is 0 Å². The molecule has 0 bridgehead atoms. The Morgan fingerprint density at radius 2 is 0.568 bits per heavy atom. The minimum atomic E-state index is 0.0115. The van der Waals surface area contributed by atoms with E-state index in [1.54, 1.807) is 0 Å². The number of aromatic nitrogens is 4. The Balaban J connectivity index is 0.940. The average molecular weight is 1170 g/mol. The van der Waals surface area contributed by atoms with Crippen LogP contribution in [-0.4, -0.2) is 17.9 Å². The lowest BCUT2D eigenvalue weighted by molar-refractivity contribution is 0.590. The zero-order valence-electron chi connectivity index (χ0n) is 51.9. The molecule has 6 heteroatoms. The fourth-order valence-electron chi connectivity index (χ4n) is 15.8. The van der Waals surface area contributed by atoms with E-state index >= 15 is 0 Å². The molecule has 11 aromatic carbocycles. The van der Waals surface area contributed by atoms with Gasteiger partial charge in [0.15, 0.2) is 0 Å². The molecule has 0 unspecified atom stereocenters. The Bertz CT molecular complexity index is 5800. The zero-order chi connectivity index (χ0) is 59.7. The van der Waals surface area contributed by atoms with Crippen molar-refractivity contribution >= 4 is 183 Å². The molecule has 0 saturated heterocycles. The third-order valence-electron chi connectivity index (χ3n) is 20.4. The average Bonchev–Trinajstić information content (AvgIpc) is 1.52. The second-order valence-corrected chi connectivity index (χ2v) is 31.9. The summed E-state index contributed by atoms with van der Waals surface area (Å²) in [5.74, 6) is 0. The van der Waals surface area contributed by atoms with Crippen molar-refractivity contribution in [1.82, 2.24) is 17.9 Å². The van der Waals surface area contributed by atoms with E-state index in [0.29, 0.717) is 0 Å². The Hall–Kier alpha value is -8.94. The lowest BCUT2D eigenvalue weighted by Crippen LogP contribution is -2.10. The molecule has 0 atom stereocenters. The van der Waals surface area contributed by atoms with Crippen molar-refractivity contribution in [3.8, 4) is 11.4 Å². The normalized spacial score (nSPS) is 13.7. The smallest absolute Gasteiger partial charge is 0.0635 e. The minimum absolute atomic E-state index is 0.0115. The molecule has 8 heterocycles. The third kappa shape index (κ3) is 6.64. The van der Waals surface area contributed by atoms with Gasteiger partial charge in [0.2, 0.25) is 0 Å². The number of rotatable bonds is 2. The Morgan fingerprint density at radius 3 is 0.909 bits per heavy atom. The molecule has 426 valence electrons. The molecule has 88 heavy (non-hydrogen) atoms. The van der Waals surface area contributed by atoms with Crippen molar-refractivity contribution in [3.05, 3.63) is 204 Å². The summed E-state index contributed by atoms with van der Waals surface area (Å²) >= 11 is 3.88. The third-order valence-corrected chi connectivity index (χ3v) is 22.8. The number of hydrogen-bond donors (Lipinski definition) is 0. The summed E-state index contributed by atoms with van der Waals surface area (Å²) in [6.07, 6.45) is 0. The fourth-order valence-corrected chi connectivity index (χ4v) is 18.3. The standard InChI is InChI=1S/C82H66N4S2/c1-79(2,3)43-21-29-63-53(33-43)54-34-44(80(4,5)6)22-30-64(54)83(63)47-25-27-51-67(37-47)85-69-41-58-60-40-62-50-18-14-16-20-72(50)88-78(62)74-52-28-26-48(84-65-31-23-45(81(7,8)9)35-55(65)56-36-46(82(10,11)12)24-32-66(56)84)38-68(52)86(76(60)74)70(58)42-57(69)59-39-61-49-17-13-15-19-71(49)87-77(61)73(51)75(59)85/h13-42H,1-12H3. The van der Waals surface area contributed by atoms with Crippen molar-refractivity contribution in [3.63, 3.8) is 0 Å². The van der Waals surface area contributed by atoms with Gasteiger partial charge in [-0.1, -0.05) is 156 Å². The molecule has 0 aliphatic rings. The first-order valence-electron chi connectivity index (χ1n) is 31.4. The molecule has 8 aromatic heterocycles. The Morgan fingerprint density at radius 1 is 0.250 bits per heavy atom. The Kier molecular flexibility index (Phi) is 9.65. The second kappa shape index (κ2) is 16.6. The maximum absolute atomic E-state index is 2.66. The van der Waals surface area contributed by atoms with Gasteiger partial charge in [0, 0.05) is 116 Å². The summed E-state index contributed by atoms with van der Waals surface area (Å²) in [6, 6.07) is 71.9. The SMILES string of the molecule is CC(C)(C)c1ccc2c(c1)c1cc(C(C)(C)C)ccc1n2-c1ccc2c3c4sc5ccccc5c4cc4c5cc6c(cc5n(c2c1)c43)c1cc2c3ccccc3sc2c2c3ccc(-n4c5ccc(C(C)(C)C)cc5c5cc(C(C)(C)C)ccc54)cc3n6c12. The Labute approximate surface area is 517 Å². The second-order valence-electron chi connectivity index (χ2n) is 29.8. The largest absolute Gasteiger partial charge is 0.309 e. The highest BCUT2D eigenvalue weighted by atomic mass is 32.1. The summed E-state index contributed by atoms with van der Waals surface area (Å²) in [7, 11) is 0. The first-order chi connectivity index (χ1) is 42.2. The van der Waals surface area contributed by atoms with Gasteiger partial charge in [-0.25, -0.2) is 0 Å². The molecule has 0 spiro atoms. The summed E-state index contributed by atoms with van der Waals surface area (Å²) in [6.45, 7) is 27.9. The van der Waals surface area contributed by atoms with Gasteiger partial charge in [-0.2, -0.15) is 0 Å². The molecule has 0 saturated carbocycles. The molecule has 0 amide bonds. The van der Waals surface area contributed by atoms with E-state index in [1.807, 2.05) is 22.7 Å². The van der Waals surface area contributed by atoms with E-state index in [2.05, 4.69) is 283 Å². The highest BCUT2D eigenvalue weighted by molar-refractivity contribution is 7.27. The van der Waals surface area contributed by atoms with Crippen molar-refractivity contribution < 1.29 is 0 Å². The van der Waals surface area contributed by atoms with Crippen LogP contribution in [0.1, 0.15) is 105 Å². The molecule has 0 fully saturated rings. The number of fused-ring (bicyclic) bond motifs is 26. The van der Waals surface area contributed by atoms with Crippen LogP contribution < -0.4 is 0 Å². The van der Waals surface area contributed by atoms with E-state index in [-0.39, 0.29) is 21.7 Å². The van der Waals surface area contributed by atoms with Crippen LogP contribution in [0.2, 0.25) is 0 Å². The van der Waals surface area contributed by atoms with Crippen LogP contribution in [-0.2, 0) is 21.7 Å². The van der Waals surface area contributed by atoms with Gasteiger partial charge >= 0.3 is 0 Å². The van der Waals surface area contributed by atoms with Crippen LogP contribution in [0.25, 0.3) is 172 Å². The van der Waals surface area contributed by atoms with E-state index in [9.17, 15) is 0 Å². The van der Waals surface area contributed by atoms with E-state index < -0.39 is 0 Å². The first-order valence-corrected chi connectivity index (χ1v) is 33.0. The zero-order valence-corrected chi connectivity index (χ0v) is 53.6. The van der Waals surface area contributed by atoms with Crippen molar-refractivity contribution in [2.75, 3.05) is 0 Å². The number of nitrogens with zero attached hydrogens (tertiary/aromatic N) is 4. The van der Waals surface area contributed by atoms with Gasteiger partial charge in [0.1, 0.15) is 0 Å². The molecule has 0 radical (unpaired) electrons. The van der Waals surface area contributed by atoms with Crippen molar-refractivity contribution in [2.45, 2.75) is 105 Å². The summed E-state index contributed by atoms with van der Waals surface area (Å²) in [5.41, 5.74) is 20.3. The predicted molar refractivity (Wildman–Crippen MR) is 385 cm³/mol. The summed E-state index contributed by atoms with van der Waals surface area (Å²) in [4.78, 5) is 0. The topological polar surface area (TPSA) is 18.7 Å².